The summed E-state index contributed by atoms with van der Waals surface area (Å²) in [6.07, 6.45) is 2.28. The van der Waals surface area contributed by atoms with Crippen LogP contribution in [-0.4, -0.2) is 62.7 Å². The van der Waals surface area contributed by atoms with Crippen molar-refractivity contribution in [1.29, 1.82) is 0 Å². The van der Waals surface area contributed by atoms with Crippen molar-refractivity contribution in [3.05, 3.63) is 17.5 Å². The topological polar surface area (TPSA) is 70.5 Å². The summed E-state index contributed by atoms with van der Waals surface area (Å²) < 4.78 is 2.06. The van der Waals surface area contributed by atoms with Gasteiger partial charge in [-0.15, -0.1) is 0 Å². The van der Waals surface area contributed by atoms with Crippen LogP contribution in [0.25, 0.3) is 0 Å². The van der Waals surface area contributed by atoms with Gasteiger partial charge >= 0.3 is 6.03 Å². The Hall–Kier alpha value is -1.89. The number of aryl methyl sites for hydroxylation is 2. The van der Waals surface area contributed by atoms with Crippen LogP contribution < -0.4 is 5.32 Å². The summed E-state index contributed by atoms with van der Waals surface area (Å²) in [4.78, 5) is 28.0. The molecule has 1 atom stereocenters. The van der Waals surface area contributed by atoms with E-state index in [0.29, 0.717) is 12.6 Å². The third kappa shape index (κ3) is 3.17. The molecule has 0 bridgehead atoms. The Labute approximate surface area is 143 Å². The molecule has 2 saturated heterocycles. The fraction of sp³-hybridized carbons (Fsp3) is 0.706. The van der Waals surface area contributed by atoms with Crippen LogP contribution in [0.2, 0.25) is 0 Å². The Balaban J connectivity index is 1.59. The molecule has 0 aromatic carbocycles. The lowest BCUT2D eigenvalue weighted by Crippen LogP contribution is -2.43. The first-order valence-corrected chi connectivity index (χ1v) is 8.67. The Morgan fingerprint density at radius 1 is 1.29 bits per heavy atom. The Kier molecular flexibility index (Phi) is 4.38. The molecule has 0 aliphatic carbocycles. The molecule has 132 valence electrons. The van der Waals surface area contributed by atoms with Crippen LogP contribution >= 0.6 is 0 Å². The van der Waals surface area contributed by atoms with Crippen molar-refractivity contribution in [2.45, 2.75) is 58.7 Å². The summed E-state index contributed by atoms with van der Waals surface area (Å²) in [6, 6.07) is 2.23. The molecule has 1 aromatic heterocycles. The third-order valence-electron chi connectivity index (χ3n) is 5.04. The lowest BCUT2D eigenvalue weighted by Gasteiger charge is -2.26. The summed E-state index contributed by atoms with van der Waals surface area (Å²) in [7, 11) is 0. The first kappa shape index (κ1) is 17.0. The van der Waals surface area contributed by atoms with Crippen LogP contribution in [0, 0.1) is 13.8 Å². The van der Waals surface area contributed by atoms with Gasteiger partial charge in [0.2, 0.25) is 0 Å². The van der Waals surface area contributed by atoms with E-state index >= 15 is 0 Å². The number of likely N-dealkylation sites (tertiary alicyclic amines) is 1. The summed E-state index contributed by atoms with van der Waals surface area (Å²) in [6.45, 7) is 10.6. The molecule has 1 aromatic rings. The van der Waals surface area contributed by atoms with E-state index in [1.807, 2.05) is 6.92 Å². The molecule has 0 radical (unpaired) electrons. The van der Waals surface area contributed by atoms with Crippen LogP contribution in [0.4, 0.5) is 4.79 Å². The minimum absolute atomic E-state index is 0.137. The molecule has 0 spiro atoms. The summed E-state index contributed by atoms with van der Waals surface area (Å²) in [5.41, 5.74) is 1.43. The van der Waals surface area contributed by atoms with Crippen molar-refractivity contribution >= 4 is 11.9 Å². The lowest BCUT2D eigenvalue weighted by molar-refractivity contribution is -0.130. The van der Waals surface area contributed by atoms with Gasteiger partial charge in [-0.1, -0.05) is 0 Å². The highest BCUT2D eigenvalue weighted by atomic mass is 16.2. The molecule has 7 heteroatoms. The molecule has 2 aliphatic heterocycles. The lowest BCUT2D eigenvalue weighted by atomic mass is 10.1. The van der Waals surface area contributed by atoms with E-state index < -0.39 is 5.54 Å². The van der Waals surface area contributed by atoms with Crippen molar-refractivity contribution in [2.24, 2.45) is 0 Å². The number of hydrogen-bond acceptors (Lipinski definition) is 4. The first-order chi connectivity index (χ1) is 11.3. The highest BCUT2D eigenvalue weighted by molar-refractivity contribution is 6.06. The number of carbonyl (C=O) groups is 2. The second kappa shape index (κ2) is 6.20. The highest BCUT2D eigenvalue weighted by Crippen LogP contribution is 2.21. The van der Waals surface area contributed by atoms with Crippen molar-refractivity contribution < 1.29 is 9.59 Å². The second-order valence-corrected chi connectivity index (χ2v) is 7.45. The Bertz CT molecular complexity index is 651. The Morgan fingerprint density at radius 3 is 2.62 bits per heavy atom. The smallest absolute Gasteiger partial charge is 0.324 e. The number of nitrogens with zero attached hydrogens (tertiary/aromatic N) is 4. The number of hydrogen-bond donors (Lipinski definition) is 1. The standard InChI is InChI=1S/C17H27N5O2/c1-12-10-13(2)22(19-12)11-14-6-5-7-20(14)8-9-21-15(23)17(3,4)18-16(21)24/h10,14H,5-9,11H2,1-4H3,(H,18,24)/t14-/m0/s1. The van der Waals surface area contributed by atoms with Gasteiger partial charge in [0.25, 0.3) is 5.91 Å². The molecule has 3 heterocycles. The number of carbonyl (C=O) groups excluding carboxylic acids is 2. The van der Waals surface area contributed by atoms with E-state index in [-0.39, 0.29) is 11.9 Å². The molecule has 2 fully saturated rings. The van der Waals surface area contributed by atoms with Gasteiger partial charge in [0.15, 0.2) is 0 Å². The SMILES string of the molecule is Cc1cc(C)n(C[C@@H]2CCCN2CCN2C(=O)NC(C)(C)C2=O)n1. The van der Waals surface area contributed by atoms with Crippen molar-refractivity contribution in [1.82, 2.24) is 24.9 Å². The summed E-state index contributed by atoms with van der Waals surface area (Å²) in [5, 5.41) is 7.28. The zero-order chi connectivity index (χ0) is 17.5. The molecular weight excluding hydrogens is 306 g/mol. The van der Waals surface area contributed by atoms with Crippen LogP contribution in [-0.2, 0) is 11.3 Å². The number of nitrogens with one attached hydrogen (secondary N) is 1. The molecule has 1 N–H and O–H groups in total. The maximum absolute atomic E-state index is 12.3. The highest BCUT2D eigenvalue weighted by Gasteiger charge is 2.44. The van der Waals surface area contributed by atoms with Crippen molar-refractivity contribution in [3.8, 4) is 0 Å². The van der Waals surface area contributed by atoms with Gasteiger partial charge in [-0.05, 0) is 53.1 Å². The van der Waals surface area contributed by atoms with Gasteiger partial charge in [-0.2, -0.15) is 5.10 Å². The predicted molar refractivity (Wildman–Crippen MR) is 90.6 cm³/mol. The molecule has 7 nitrogen and oxygen atoms in total. The number of rotatable bonds is 5. The summed E-state index contributed by atoms with van der Waals surface area (Å²) in [5.74, 6) is -0.137. The van der Waals surface area contributed by atoms with Gasteiger partial charge in [-0.25, -0.2) is 4.79 Å². The monoisotopic (exact) mass is 333 g/mol. The van der Waals surface area contributed by atoms with Gasteiger partial charge in [0.1, 0.15) is 5.54 Å². The molecule has 0 saturated carbocycles. The quantitative estimate of drug-likeness (QED) is 0.825. The third-order valence-corrected chi connectivity index (χ3v) is 5.04. The number of imide groups is 1. The minimum Gasteiger partial charge on any atom is -0.324 e. The van der Waals surface area contributed by atoms with Crippen LogP contribution in [0.15, 0.2) is 6.07 Å². The fourth-order valence-electron chi connectivity index (χ4n) is 3.71. The first-order valence-electron chi connectivity index (χ1n) is 8.67. The summed E-state index contributed by atoms with van der Waals surface area (Å²) >= 11 is 0. The van der Waals surface area contributed by atoms with E-state index in [1.165, 1.54) is 10.6 Å². The number of amides is 3. The molecule has 2 aliphatic rings. The maximum atomic E-state index is 12.3. The zero-order valence-electron chi connectivity index (χ0n) is 15.0. The van der Waals surface area contributed by atoms with Gasteiger partial charge in [-0.3, -0.25) is 19.3 Å². The number of aromatic nitrogens is 2. The minimum atomic E-state index is -0.787. The van der Waals surface area contributed by atoms with E-state index in [2.05, 4.69) is 33.0 Å². The van der Waals surface area contributed by atoms with Gasteiger partial charge in [0, 0.05) is 24.8 Å². The fourth-order valence-corrected chi connectivity index (χ4v) is 3.71. The molecule has 24 heavy (non-hydrogen) atoms. The van der Waals surface area contributed by atoms with Crippen molar-refractivity contribution in [3.63, 3.8) is 0 Å². The van der Waals surface area contributed by atoms with Crippen LogP contribution in [0.3, 0.4) is 0 Å². The van der Waals surface area contributed by atoms with E-state index in [9.17, 15) is 9.59 Å². The average molecular weight is 333 g/mol. The van der Waals surface area contributed by atoms with Crippen LogP contribution in [0.1, 0.15) is 38.1 Å². The molecule has 0 unspecified atom stereocenters. The van der Waals surface area contributed by atoms with E-state index in [4.69, 9.17) is 0 Å². The average Bonchev–Trinajstić information content (AvgIpc) is 3.10. The van der Waals surface area contributed by atoms with Gasteiger partial charge < -0.3 is 5.32 Å². The zero-order valence-corrected chi connectivity index (χ0v) is 15.0. The van der Waals surface area contributed by atoms with Gasteiger partial charge in [0.05, 0.1) is 12.2 Å². The van der Waals surface area contributed by atoms with Crippen LogP contribution in [0.5, 0.6) is 0 Å². The number of urea groups is 1. The predicted octanol–water partition coefficient (Wildman–Crippen LogP) is 1.29. The van der Waals surface area contributed by atoms with Crippen molar-refractivity contribution in [2.75, 3.05) is 19.6 Å². The maximum Gasteiger partial charge on any atom is 0.325 e. The molecule has 3 rings (SSSR count). The normalized spacial score (nSPS) is 24.0. The van der Waals surface area contributed by atoms with E-state index in [0.717, 1.165) is 38.2 Å². The largest absolute Gasteiger partial charge is 0.325 e. The van der Waals surface area contributed by atoms with E-state index in [1.54, 1.807) is 13.8 Å². The Morgan fingerprint density at radius 2 is 2.04 bits per heavy atom. The molecule has 3 amide bonds. The molecular formula is C17H27N5O2. The second-order valence-electron chi connectivity index (χ2n) is 7.45.